The Morgan fingerprint density at radius 3 is 2.83 bits per heavy atom. The molecule has 2 aromatic rings. The Bertz CT molecular complexity index is 438. The van der Waals surface area contributed by atoms with Gasteiger partial charge in [-0.1, -0.05) is 0 Å². The van der Waals surface area contributed by atoms with Gasteiger partial charge in [0.15, 0.2) is 0 Å². The first-order chi connectivity index (χ1) is 5.70. The van der Waals surface area contributed by atoms with Crippen molar-refractivity contribution in [3.05, 3.63) is 20.5 Å². The Hall–Kier alpha value is -0.130. The number of rotatable bonds is 0. The predicted octanol–water partition coefficient (Wildman–Crippen LogP) is 3.40. The third-order valence-electron chi connectivity index (χ3n) is 1.55. The van der Waals surface area contributed by atoms with Crippen molar-refractivity contribution < 1.29 is 0 Å². The lowest BCUT2D eigenvalue weighted by Gasteiger charge is -2.00. The lowest BCUT2D eigenvalue weighted by Crippen LogP contribution is -1.87. The van der Waals surface area contributed by atoms with Crippen molar-refractivity contribution in [2.24, 2.45) is 0 Å². The molecule has 12 heavy (non-hydrogen) atoms. The van der Waals surface area contributed by atoms with Crippen LogP contribution in [-0.2, 0) is 0 Å². The van der Waals surface area contributed by atoms with Crippen LogP contribution in [0.2, 0.25) is 0 Å². The Morgan fingerprint density at radius 1 is 1.33 bits per heavy atom. The molecule has 2 nitrogen and oxygen atoms in total. The average Bonchev–Trinajstić information content (AvgIpc) is 2.48. The molecule has 0 aliphatic carbocycles. The van der Waals surface area contributed by atoms with Crippen molar-refractivity contribution in [3.8, 4) is 0 Å². The normalized spacial score (nSPS) is 10.8. The van der Waals surface area contributed by atoms with Crippen molar-refractivity contribution >= 4 is 59.1 Å². The number of hydrogen-bond donors (Lipinski definition) is 1. The van der Waals surface area contributed by atoms with E-state index in [9.17, 15) is 0 Å². The van der Waals surface area contributed by atoms with Gasteiger partial charge >= 0.3 is 0 Å². The molecule has 0 unspecified atom stereocenters. The summed E-state index contributed by atoms with van der Waals surface area (Å²) in [6, 6.07) is 1.91. The summed E-state index contributed by atoms with van der Waals surface area (Å²) in [5.41, 5.74) is 9.32. The topological polar surface area (TPSA) is 38.9 Å². The van der Waals surface area contributed by atoms with E-state index < -0.39 is 0 Å². The Labute approximate surface area is 90.0 Å². The minimum atomic E-state index is 0.760. The molecule has 0 radical (unpaired) electrons. The maximum absolute atomic E-state index is 5.83. The van der Waals surface area contributed by atoms with Crippen LogP contribution in [0, 0.1) is 0 Å². The van der Waals surface area contributed by atoms with Crippen molar-refractivity contribution in [1.82, 2.24) is 4.98 Å². The highest BCUT2D eigenvalue weighted by atomic mass is 79.9. The predicted molar refractivity (Wildman–Crippen MR) is 59.4 cm³/mol. The summed E-state index contributed by atoms with van der Waals surface area (Å²) in [6.07, 6.45) is 0. The summed E-state index contributed by atoms with van der Waals surface area (Å²) in [7, 11) is 0. The van der Waals surface area contributed by atoms with Gasteiger partial charge in [-0.15, -0.1) is 11.3 Å². The molecule has 0 saturated carbocycles. The summed E-state index contributed by atoms with van der Waals surface area (Å²) < 4.78 is 2.90. The molecular weight excluding hydrogens is 304 g/mol. The van der Waals surface area contributed by atoms with E-state index in [1.165, 1.54) is 0 Å². The van der Waals surface area contributed by atoms with E-state index in [-0.39, 0.29) is 0 Å². The van der Waals surface area contributed by atoms with Crippen LogP contribution in [0.5, 0.6) is 0 Å². The lowest BCUT2D eigenvalue weighted by atomic mass is 10.3. The number of hydrogen-bond acceptors (Lipinski definition) is 3. The largest absolute Gasteiger partial charge is 0.397 e. The smallest absolute Gasteiger partial charge is 0.0975 e. The van der Waals surface area contributed by atoms with E-state index in [0.717, 1.165) is 24.8 Å². The molecule has 5 heteroatoms. The number of aromatic nitrogens is 1. The second-order valence-corrected chi connectivity index (χ2v) is 4.85. The molecule has 2 N–H and O–H groups in total. The van der Waals surface area contributed by atoms with Crippen LogP contribution in [0.3, 0.4) is 0 Å². The van der Waals surface area contributed by atoms with E-state index in [2.05, 4.69) is 36.8 Å². The van der Waals surface area contributed by atoms with E-state index in [4.69, 9.17) is 5.73 Å². The number of thiazole rings is 1. The molecule has 1 aromatic heterocycles. The number of benzene rings is 1. The summed E-state index contributed by atoms with van der Waals surface area (Å²) in [4.78, 5) is 4.19. The molecule has 0 amide bonds. The third-order valence-corrected chi connectivity index (χ3v) is 3.67. The highest BCUT2D eigenvalue weighted by Crippen LogP contribution is 2.36. The molecule has 2 rings (SSSR count). The van der Waals surface area contributed by atoms with Crippen LogP contribution in [0.1, 0.15) is 0 Å². The van der Waals surface area contributed by atoms with E-state index >= 15 is 0 Å². The van der Waals surface area contributed by atoms with Crippen LogP contribution >= 0.6 is 43.2 Å². The number of fused-ring (bicyclic) bond motifs is 1. The van der Waals surface area contributed by atoms with Crippen LogP contribution in [-0.4, -0.2) is 4.98 Å². The number of anilines is 1. The Balaban J connectivity index is 2.97. The maximum Gasteiger partial charge on any atom is 0.0975 e. The molecular formula is C7H4Br2N2S. The van der Waals surface area contributed by atoms with Gasteiger partial charge < -0.3 is 5.73 Å². The van der Waals surface area contributed by atoms with Crippen molar-refractivity contribution in [2.75, 3.05) is 5.73 Å². The zero-order chi connectivity index (χ0) is 8.72. The van der Waals surface area contributed by atoms with Gasteiger partial charge in [-0.2, -0.15) is 0 Å². The molecule has 0 spiro atoms. The van der Waals surface area contributed by atoms with Gasteiger partial charge in [0.1, 0.15) is 0 Å². The Morgan fingerprint density at radius 2 is 2.08 bits per heavy atom. The van der Waals surface area contributed by atoms with Crippen molar-refractivity contribution in [1.29, 1.82) is 0 Å². The number of nitrogens with zero attached hydrogens (tertiary/aromatic N) is 1. The van der Waals surface area contributed by atoms with E-state index in [1.807, 2.05) is 6.07 Å². The fraction of sp³-hybridized carbons (Fsp3) is 0. The fourth-order valence-corrected chi connectivity index (χ4v) is 3.27. The summed E-state index contributed by atoms with van der Waals surface area (Å²) >= 11 is 8.34. The summed E-state index contributed by atoms with van der Waals surface area (Å²) in [6.45, 7) is 0. The first kappa shape index (κ1) is 8.47. The zero-order valence-corrected chi connectivity index (χ0v) is 9.83. The minimum Gasteiger partial charge on any atom is -0.397 e. The first-order valence-corrected chi connectivity index (χ1v) is 5.63. The van der Waals surface area contributed by atoms with Gasteiger partial charge in [-0.25, -0.2) is 4.98 Å². The van der Waals surface area contributed by atoms with E-state index in [0.29, 0.717) is 0 Å². The van der Waals surface area contributed by atoms with Crippen LogP contribution < -0.4 is 5.73 Å². The standard InChI is InChI=1S/C7H4Br2N2S/c8-3-1-4(9)6-7(5(3)10)12-2-11-6/h1-2H,10H2. The van der Waals surface area contributed by atoms with Gasteiger partial charge in [0, 0.05) is 8.95 Å². The van der Waals surface area contributed by atoms with Crippen molar-refractivity contribution in [2.45, 2.75) is 0 Å². The minimum absolute atomic E-state index is 0.760. The molecule has 62 valence electrons. The van der Waals surface area contributed by atoms with Gasteiger partial charge in [-0.05, 0) is 37.9 Å². The van der Waals surface area contributed by atoms with Crippen LogP contribution in [0.25, 0.3) is 10.2 Å². The molecule has 0 fully saturated rings. The highest BCUT2D eigenvalue weighted by molar-refractivity contribution is 9.11. The lowest BCUT2D eigenvalue weighted by molar-refractivity contribution is 1.48. The van der Waals surface area contributed by atoms with Crippen LogP contribution in [0.4, 0.5) is 5.69 Å². The number of nitrogen functional groups attached to an aromatic ring is 1. The summed E-state index contributed by atoms with van der Waals surface area (Å²) in [5, 5.41) is 0. The number of halogens is 2. The van der Waals surface area contributed by atoms with Gasteiger partial charge in [0.2, 0.25) is 0 Å². The maximum atomic E-state index is 5.83. The Kier molecular flexibility index (Phi) is 2.10. The van der Waals surface area contributed by atoms with E-state index in [1.54, 1.807) is 16.8 Å². The van der Waals surface area contributed by atoms with Gasteiger partial charge in [0.05, 0.1) is 21.4 Å². The summed E-state index contributed by atoms with van der Waals surface area (Å²) in [5.74, 6) is 0. The molecule has 0 aliphatic rings. The average molecular weight is 308 g/mol. The first-order valence-electron chi connectivity index (χ1n) is 3.17. The van der Waals surface area contributed by atoms with Crippen molar-refractivity contribution in [3.63, 3.8) is 0 Å². The zero-order valence-electron chi connectivity index (χ0n) is 5.84. The molecule has 0 bridgehead atoms. The monoisotopic (exact) mass is 306 g/mol. The third kappa shape index (κ3) is 1.16. The van der Waals surface area contributed by atoms with Gasteiger partial charge in [-0.3, -0.25) is 0 Å². The molecule has 1 aromatic carbocycles. The second-order valence-electron chi connectivity index (χ2n) is 2.28. The van der Waals surface area contributed by atoms with Crippen LogP contribution in [0.15, 0.2) is 20.5 Å². The fourth-order valence-electron chi connectivity index (χ4n) is 0.973. The highest BCUT2D eigenvalue weighted by Gasteiger charge is 2.08. The second kappa shape index (κ2) is 2.97. The molecule has 1 heterocycles. The molecule has 0 saturated heterocycles. The quantitative estimate of drug-likeness (QED) is 0.758. The molecule has 0 atom stereocenters. The SMILES string of the molecule is Nc1c(Br)cc(Br)c2ncsc12. The molecule has 0 aliphatic heterocycles. The van der Waals surface area contributed by atoms with Gasteiger partial charge in [0.25, 0.3) is 0 Å². The number of nitrogens with two attached hydrogens (primary N) is 1.